The van der Waals surface area contributed by atoms with Crippen molar-refractivity contribution in [3.8, 4) is 0 Å². The first-order valence-corrected chi connectivity index (χ1v) is 7.90. The van der Waals surface area contributed by atoms with E-state index in [-0.39, 0.29) is 21.9 Å². The molecule has 2 unspecified atom stereocenters. The van der Waals surface area contributed by atoms with Crippen LogP contribution in [0.1, 0.15) is 46.5 Å². The van der Waals surface area contributed by atoms with Crippen molar-refractivity contribution >= 4 is 29.3 Å². The predicted octanol–water partition coefficient (Wildman–Crippen LogP) is 3.43. The van der Waals surface area contributed by atoms with Crippen molar-refractivity contribution in [3.63, 3.8) is 0 Å². The molecule has 17 heavy (non-hydrogen) atoms. The number of carbonyl (C=O) groups excluding carboxylic acids is 1. The molecule has 0 saturated carbocycles. The van der Waals surface area contributed by atoms with Gasteiger partial charge in [0.2, 0.25) is 5.91 Å². The highest BCUT2D eigenvalue weighted by atomic mass is 35.5. The number of halogens is 1. The molecule has 1 rings (SSSR count). The van der Waals surface area contributed by atoms with Crippen molar-refractivity contribution in [2.45, 2.75) is 57.1 Å². The molecule has 2 nitrogen and oxygen atoms in total. The lowest BCUT2D eigenvalue weighted by atomic mass is 9.90. The van der Waals surface area contributed by atoms with Gasteiger partial charge in [-0.1, -0.05) is 27.2 Å². The molecule has 0 aromatic carbocycles. The first kappa shape index (κ1) is 15.2. The Morgan fingerprint density at radius 1 is 1.47 bits per heavy atom. The fraction of sp³-hybridized carbons (Fsp3) is 0.923. The Labute approximate surface area is 114 Å². The fourth-order valence-corrected chi connectivity index (χ4v) is 3.77. The molecule has 0 aromatic rings. The van der Waals surface area contributed by atoms with Crippen LogP contribution in [0.2, 0.25) is 0 Å². The number of carbonyl (C=O) groups is 1. The van der Waals surface area contributed by atoms with Crippen LogP contribution in [0.15, 0.2) is 0 Å². The molecule has 0 aromatic heterocycles. The van der Waals surface area contributed by atoms with Crippen LogP contribution in [0, 0.1) is 5.41 Å². The van der Waals surface area contributed by atoms with E-state index in [0.717, 1.165) is 18.6 Å². The zero-order chi connectivity index (χ0) is 12.9. The van der Waals surface area contributed by atoms with Gasteiger partial charge in [0.25, 0.3) is 0 Å². The molecule has 1 fully saturated rings. The summed E-state index contributed by atoms with van der Waals surface area (Å²) in [7, 11) is 0. The van der Waals surface area contributed by atoms with Gasteiger partial charge in [0.1, 0.15) is 0 Å². The van der Waals surface area contributed by atoms with Crippen LogP contribution in [0.3, 0.4) is 0 Å². The Balaban J connectivity index is 2.22. The van der Waals surface area contributed by atoms with E-state index in [0.29, 0.717) is 6.54 Å². The van der Waals surface area contributed by atoms with E-state index in [4.69, 9.17) is 11.6 Å². The van der Waals surface area contributed by atoms with Crippen LogP contribution in [-0.4, -0.2) is 28.8 Å². The smallest absolute Gasteiger partial charge is 0.233 e. The second-order valence-corrected chi connectivity index (χ2v) is 7.89. The topological polar surface area (TPSA) is 29.1 Å². The third-order valence-corrected chi connectivity index (χ3v) is 4.49. The number of nitrogens with one attached hydrogen (secondary N) is 1. The summed E-state index contributed by atoms with van der Waals surface area (Å²) in [5.41, 5.74) is 0.219. The quantitative estimate of drug-likeness (QED) is 0.798. The number of thioether (sulfide) groups is 1. The summed E-state index contributed by atoms with van der Waals surface area (Å²) in [5.74, 6) is 1.29. The second-order valence-electron chi connectivity index (χ2n) is 5.96. The van der Waals surface area contributed by atoms with Gasteiger partial charge in [0, 0.05) is 6.54 Å². The van der Waals surface area contributed by atoms with Gasteiger partial charge >= 0.3 is 0 Å². The molecule has 0 aliphatic carbocycles. The lowest BCUT2D eigenvalue weighted by Crippen LogP contribution is -2.38. The van der Waals surface area contributed by atoms with Gasteiger partial charge in [-0.15, -0.1) is 23.4 Å². The predicted molar refractivity (Wildman–Crippen MR) is 76.8 cm³/mol. The molecular weight excluding hydrogens is 254 g/mol. The molecule has 1 saturated heterocycles. The Bertz CT molecular complexity index is 246. The zero-order valence-corrected chi connectivity index (χ0v) is 12.7. The van der Waals surface area contributed by atoms with Crippen LogP contribution in [-0.2, 0) is 4.79 Å². The number of alkyl halides is 1. The van der Waals surface area contributed by atoms with Gasteiger partial charge in [-0.05, 0) is 30.4 Å². The minimum atomic E-state index is 0.0348. The fourth-order valence-electron chi connectivity index (χ4n) is 2.01. The van der Waals surface area contributed by atoms with Crippen molar-refractivity contribution in [2.24, 2.45) is 5.41 Å². The Hall–Kier alpha value is 0.110. The molecule has 1 aliphatic rings. The highest BCUT2D eigenvalue weighted by molar-refractivity contribution is 8.00. The maximum Gasteiger partial charge on any atom is 0.233 e. The van der Waals surface area contributed by atoms with E-state index in [2.05, 4.69) is 26.1 Å². The highest BCUT2D eigenvalue weighted by Gasteiger charge is 2.23. The van der Waals surface area contributed by atoms with E-state index >= 15 is 0 Å². The van der Waals surface area contributed by atoms with Crippen LogP contribution < -0.4 is 5.32 Å². The van der Waals surface area contributed by atoms with Crippen LogP contribution >= 0.6 is 23.4 Å². The molecule has 0 spiro atoms. The van der Waals surface area contributed by atoms with Crippen LogP contribution in [0.5, 0.6) is 0 Å². The standard InChI is InChI=1S/C13H24ClNOS/c1-13(2,3)8-10(14)9-15-12(16)11-6-4-5-7-17-11/h10-11H,4-9H2,1-3H3,(H,15,16). The van der Waals surface area contributed by atoms with Gasteiger partial charge < -0.3 is 5.32 Å². The zero-order valence-electron chi connectivity index (χ0n) is 11.1. The van der Waals surface area contributed by atoms with Gasteiger partial charge in [0.05, 0.1) is 10.6 Å². The van der Waals surface area contributed by atoms with Crippen molar-refractivity contribution in [1.29, 1.82) is 0 Å². The maximum atomic E-state index is 11.9. The molecular formula is C13H24ClNOS. The molecule has 2 atom stereocenters. The van der Waals surface area contributed by atoms with Crippen molar-refractivity contribution in [3.05, 3.63) is 0 Å². The normalized spacial score (nSPS) is 23.2. The SMILES string of the molecule is CC(C)(C)CC(Cl)CNC(=O)C1CCCCS1. The minimum absolute atomic E-state index is 0.0348. The maximum absolute atomic E-state index is 11.9. The molecule has 100 valence electrons. The Morgan fingerprint density at radius 3 is 2.71 bits per heavy atom. The van der Waals surface area contributed by atoms with E-state index in [9.17, 15) is 4.79 Å². The average molecular weight is 278 g/mol. The largest absolute Gasteiger partial charge is 0.354 e. The first-order chi connectivity index (χ1) is 7.88. The molecule has 4 heteroatoms. The second kappa shape index (κ2) is 6.89. The van der Waals surface area contributed by atoms with Gasteiger partial charge in [-0.2, -0.15) is 0 Å². The summed E-state index contributed by atoms with van der Waals surface area (Å²) in [5, 5.41) is 3.17. The van der Waals surface area contributed by atoms with Gasteiger partial charge in [-0.3, -0.25) is 4.79 Å². The van der Waals surface area contributed by atoms with Crippen molar-refractivity contribution in [1.82, 2.24) is 5.32 Å². The van der Waals surface area contributed by atoms with Crippen molar-refractivity contribution < 1.29 is 4.79 Å². The highest BCUT2D eigenvalue weighted by Crippen LogP contribution is 2.26. The first-order valence-electron chi connectivity index (χ1n) is 6.42. The van der Waals surface area contributed by atoms with E-state index < -0.39 is 0 Å². The average Bonchev–Trinajstić information content (AvgIpc) is 2.25. The number of amides is 1. The lowest BCUT2D eigenvalue weighted by molar-refractivity contribution is -0.120. The summed E-state index contributed by atoms with van der Waals surface area (Å²) in [6.07, 6.45) is 4.36. The Kier molecular flexibility index (Phi) is 6.14. The van der Waals surface area contributed by atoms with Gasteiger partial charge in [-0.25, -0.2) is 0 Å². The molecule has 0 bridgehead atoms. The summed E-state index contributed by atoms with van der Waals surface area (Å²) in [6, 6.07) is 0. The molecule has 1 amide bonds. The van der Waals surface area contributed by atoms with E-state index in [1.165, 1.54) is 12.8 Å². The van der Waals surface area contributed by atoms with E-state index in [1.54, 1.807) is 11.8 Å². The Morgan fingerprint density at radius 2 is 2.18 bits per heavy atom. The summed E-state index contributed by atoms with van der Waals surface area (Å²) >= 11 is 8.01. The van der Waals surface area contributed by atoms with Gasteiger partial charge in [0.15, 0.2) is 0 Å². The number of hydrogen-bond donors (Lipinski definition) is 1. The monoisotopic (exact) mass is 277 g/mol. The minimum Gasteiger partial charge on any atom is -0.354 e. The third-order valence-electron chi connectivity index (χ3n) is 2.80. The number of hydrogen-bond acceptors (Lipinski definition) is 2. The summed E-state index contributed by atoms with van der Waals surface area (Å²) in [6.45, 7) is 7.10. The molecule has 1 aliphatic heterocycles. The summed E-state index contributed by atoms with van der Waals surface area (Å²) < 4.78 is 0. The molecule has 1 heterocycles. The van der Waals surface area contributed by atoms with E-state index in [1.807, 2.05) is 0 Å². The lowest BCUT2D eigenvalue weighted by Gasteiger charge is -2.24. The van der Waals surface area contributed by atoms with Crippen molar-refractivity contribution in [2.75, 3.05) is 12.3 Å². The third kappa shape index (κ3) is 6.56. The molecule has 0 radical (unpaired) electrons. The molecule has 1 N–H and O–H groups in total. The number of rotatable bonds is 4. The van der Waals surface area contributed by atoms with Crippen LogP contribution in [0.25, 0.3) is 0 Å². The summed E-state index contributed by atoms with van der Waals surface area (Å²) in [4.78, 5) is 11.9. The van der Waals surface area contributed by atoms with Crippen LogP contribution in [0.4, 0.5) is 0 Å².